The zero-order valence-electron chi connectivity index (χ0n) is 27.1. The van der Waals surface area contributed by atoms with E-state index >= 15 is 0 Å². The average Bonchev–Trinajstić information content (AvgIpc) is 3.52. The topological polar surface area (TPSA) is 159 Å². The number of benzene rings is 4. The highest BCUT2D eigenvalue weighted by atomic mass is 79.9. The number of ether oxygens (including phenoxy) is 4. The highest BCUT2D eigenvalue weighted by Crippen LogP contribution is 2.44. The molecule has 1 aliphatic heterocycles. The Bertz CT molecular complexity index is 1830. The predicted molar refractivity (Wildman–Crippen MR) is 188 cm³/mol. The van der Waals surface area contributed by atoms with Crippen molar-refractivity contribution in [3.8, 4) is 17.2 Å². The fourth-order valence-electron chi connectivity index (χ4n) is 5.65. The maximum Gasteiger partial charge on any atom is 0.266 e. The van der Waals surface area contributed by atoms with E-state index in [-0.39, 0.29) is 32.0 Å². The Balaban J connectivity index is 1.57. The zero-order valence-corrected chi connectivity index (χ0v) is 28.7. The number of halogens is 1. The number of para-hydroxylation sites is 1. The highest BCUT2D eigenvalue weighted by molar-refractivity contribution is 9.10. The minimum absolute atomic E-state index is 0.0366. The van der Waals surface area contributed by atoms with E-state index in [1.54, 1.807) is 32.4 Å². The molecule has 0 aliphatic carbocycles. The van der Waals surface area contributed by atoms with Gasteiger partial charge in [-0.25, -0.2) is 10.4 Å². The average molecular weight is 730 g/mol. The summed E-state index contributed by atoms with van der Waals surface area (Å²) >= 11 is 3.66. The molecule has 0 radical (unpaired) electrons. The van der Waals surface area contributed by atoms with Crippen LogP contribution in [-0.2, 0) is 29.0 Å². The SMILES string of the molecule is COc1cccc(CNNC(=O)[C@@]2(Cc3ccccc3Br)N=C(c3ccc(OCCCO)cc3)O[C@H]2c2ccccc2CN=[N+]=[N-])c1OC. The molecule has 3 N–H and O–H groups in total. The monoisotopic (exact) mass is 728 g/mol. The van der Waals surface area contributed by atoms with Crippen LogP contribution in [0, 0.1) is 0 Å². The second-order valence-electron chi connectivity index (χ2n) is 11.1. The number of nitrogens with one attached hydrogen (secondary N) is 2. The van der Waals surface area contributed by atoms with E-state index in [2.05, 4.69) is 36.8 Å². The van der Waals surface area contributed by atoms with Crippen molar-refractivity contribution in [2.75, 3.05) is 27.4 Å². The van der Waals surface area contributed by atoms with Gasteiger partial charge < -0.3 is 24.1 Å². The van der Waals surface area contributed by atoms with Gasteiger partial charge in [0.2, 0.25) is 5.90 Å². The maximum atomic E-state index is 14.7. The standard InChI is InChI=1S/C36H37BrN6O6/c1-46-31-14-7-11-27(32(31)47-2)23-39-42-35(45)36(21-25-9-4-6-13-30(25)37)33(29-12-5-3-10-26(29)22-40-43-38)49-34(41-36)24-15-17-28(18-16-24)48-20-8-19-44/h3-7,9-18,33,39,44H,8,19-23H2,1-2H3,(H,42,45)/t33-,36-/m0/s1. The first-order chi connectivity index (χ1) is 23.9. The van der Waals surface area contributed by atoms with E-state index in [1.165, 1.54) is 0 Å². The van der Waals surface area contributed by atoms with Gasteiger partial charge in [-0.3, -0.25) is 10.2 Å². The molecule has 0 fully saturated rings. The van der Waals surface area contributed by atoms with Crippen LogP contribution in [-0.4, -0.2) is 49.9 Å². The first-order valence-electron chi connectivity index (χ1n) is 15.6. The first-order valence-corrected chi connectivity index (χ1v) is 16.4. The molecular formula is C36H37BrN6O6. The summed E-state index contributed by atoms with van der Waals surface area (Å²) in [5.41, 5.74) is 17.2. The lowest BCUT2D eigenvalue weighted by molar-refractivity contribution is -0.130. The van der Waals surface area contributed by atoms with Gasteiger partial charge in [0.15, 0.2) is 23.1 Å². The van der Waals surface area contributed by atoms with Crippen LogP contribution in [0.3, 0.4) is 0 Å². The van der Waals surface area contributed by atoms with Crippen molar-refractivity contribution in [1.29, 1.82) is 0 Å². The molecule has 2 atom stereocenters. The highest BCUT2D eigenvalue weighted by Gasteiger charge is 2.54. The van der Waals surface area contributed by atoms with Gasteiger partial charge >= 0.3 is 0 Å². The first kappa shape index (κ1) is 35.2. The molecule has 1 amide bonds. The molecule has 0 saturated heterocycles. The number of methoxy groups -OCH3 is 2. The molecule has 0 unspecified atom stereocenters. The number of nitrogens with zero attached hydrogens (tertiary/aromatic N) is 4. The van der Waals surface area contributed by atoms with Gasteiger partial charge in [0.05, 0.1) is 27.4 Å². The fraction of sp³-hybridized carbons (Fsp3) is 0.278. The lowest BCUT2D eigenvalue weighted by atomic mass is 9.80. The van der Waals surface area contributed by atoms with Crippen LogP contribution in [0.4, 0.5) is 0 Å². The van der Waals surface area contributed by atoms with Gasteiger partial charge in [-0.1, -0.05) is 75.6 Å². The molecular weight excluding hydrogens is 692 g/mol. The molecule has 254 valence electrons. The normalized spacial score (nSPS) is 16.6. The molecule has 12 nitrogen and oxygen atoms in total. The van der Waals surface area contributed by atoms with E-state index in [1.807, 2.05) is 72.8 Å². The Kier molecular flexibility index (Phi) is 12.1. The molecule has 5 rings (SSSR count). The Hall–Kier alpha value is -5.07. The lowest BCUT2D eigenvalue weighted by Gasteiger charge is -2.32. The van der Waals surface area contributed by atoms with Gasteiger partial charge in [-0.2, -0.15) is 0 Å². The quantitative estimate of drug-likeness (QED) is 0.0398. The van der Waals surface area contributed by atoms with Gasteiger partial charge in [-0.15, -0.1) is 0 Å². The molecule has 1 aliphatic rings. The molecule has 0 spiro atoms. The number of carbonyl (C=O) groups excluding carboxylic acids is 1. The van der Waals surface area contributed by atoms with E-state index in [9.17, 15) is 4.79 Å². The van der Waals surface area contributed by atoms with Crippen LogP contribution in [0.1, 0.15) is 40.3 Å². The minimum atomic E-state index is -1.52. The molecule has 4 aromatic rings. The molecule has 0 aromatic heterocycles. The van der Waals surface area contributed by atoms with Crippen LogP contribution in [0.5, 0.6) is 17.2 Å². The van der Waals surface area contributed by atoms with E-state index in [4.69, 9.17) is 34.6 Å². The molecule has 0 saturated carbocycles. The Morgan fingerprint density at radius 3 is 2.45 bits per heavy atom. The van der Waals surface area contributed by atoms with E-state index in [0.29, 0.717) is 47.0 Å². The number of rotatable bonds is 16. The van der Waals surface area contributed by atoms with Crippen LogP contribution in [0.15, 0.2) is 106 Å². The van der Waals surface area contributed by atoms with Gasteiger partial charge in [0.25, 0.3) is 5.91 Å². The van der Waals surface area contributed by atoms with Crippen LogP contribution in [0.25, 0.3) is 10.4 Å². The van der Waals surface area contributed by atoms with Crippen molar-refractivity contribution < 1.29 is 28.8 Å². The van der Waals surface area contributed by atoms with Crippen molar-refractivity contribution in [3.05, 3.63) is 134 Å². The zero-order chi connectivity index (χ0) is 34.6. The number of hydrazine groups is 1. The number of hydrogen-bond acceptors (Lipinski definition) is 9. The summed E-state index contributed by atoms with van der Waals surface area (Å²) < 4.78 is 24.2. The summed E-state index contributed by atoms with van der Waals surface area (Å²) in [6.07, 6.45) is -0.232. The second-order valence-corrected chi connectivity index (χ2v) is 12.0. The van der Waals surface area contributed by atoms with Crippen molar-refractivity contribution in [2.45, 2.75) is 37.6 Å². The summed E-state index contributed by atoms with van der Waals surface area (Å²) in [4.78, 5) is 22.7. The molecule has 0 bridgehead atoms. The Morgan fingerprint density at radius 2 is 1.73 bits per heavy atom. The number of aliphatic hydroxyl groups is 1. The fourth-order valence-corrected chi connectivity index (χ4v) is 6.08. The van der Waals surface area contributed by atoms with Crippen molar-refractivity contribution in [2.24, 2.45) is 10.1 Å². The third kappa shape index (κ3) is 8.15. The summed E-state index contributed by atoms with van der Waals surface area (Å²) in [5.74, 6) is 1.57. The number of amides is 1. The number of azide groups is 1. The summed E-state index contributed by atoms with van der Waals surface area (Å²) in [6, 6.07) is 27.8. The van der Waals surface area contributed by atoms with Crippen LogP contribution < -0.4 is 25.1 Å². The number of aliphatic hydroxyl groups excluding tert-OH is 1. The number of hydrogen-bond donors (Lipinski definition) is 3. The molecule has 49 heavy (non-hydrogen) atoms. The van der Waals surface area contributed by atoms with E-state index < -0.39 is 17.6 Å². The number of aliphatic imine (C=N–C) groups is 1. The van der Waals surface area contributed by atoms with Crippen LogP contribution >= 0.6 is 15.9 Å². The van der Waals surface area contributed by atoms with Gasteiger partial charge in [-0.05, 0) is 58.6 Å². The van der Waals surface area contributed by atoms with Gasteiger partial charge in [0, 0.05) is 46.5 Å². The largest absolute Gasteiger partial charge is 0.494 e. The Morgan fingerprint density at radius 1 is 1.00 bits per heavy atom. The third-order valence-electron chi connectivity index (χ3n) is 8.05. The lowest BCUT2D eigenvalue weighted by Crippen LogP contribution is -2.53. The Labute approximate surface area is 292 Å². The second kappa shape index (κ2) is 16.8. The smallest absolute Gasteiger partial charge is 0.266 e. The minimum Gasteiger partial charge on any atom is -0.494 e. The molecule has 1 heterocycles. The van der Waals surface area contributed by atoms with Gasteiger partial charge in [0.1, 0.15) is 5.75 Å². The summed E-state index contributed by atoms with van der Waals surface area (Å²) in [5, 5.41) is 12.9. The molecule has 4 aromatic carbocycles. The maximum absolute atomic E-state index is 14.7. The predicted octanol–water partition coefficient (Wildman–Crippen LogP) is 6.36. The van der Waals surface area contributed by atoms with E-state index in [0.717, 1.165) is 15.6 Å². The van der Waals surface area contributed by atoms with Crippen molar-refractivity contribution in [3.63, 3.8) is 0 Å². The summed E-state index contributed by atoms with van der Waals surface area (Å²) in [7, 11) is 3.13. The summed E-state index contributed by atoms with van der Waals surface area (Å²) in [6.45, 7) is 0.697. The van der Waals surface area contributed by atoms with Crippen molar-refractivity contribution >= 4 is 27.7 Å². The number of carbonyl (C=O) groups is 1. The molecule has 13 heteroatoms. The van der Waals surface area contributed by atoms with Crippen molar-refractivity contribution in [1.82, 2.24) is 10.9 Å². The van der Waals surface area contributed by atoms with Crippen LogP contribution in [0.2, 0.25) is 0 Å². The third-order valence-corrected chi connectivity index (χ3v) is 8.83.